The van der Waals surface area contributed by atoms with Crippen LogP contribution in [0.3, 0.4) is 0 Å². The summed E-state index contributed by atoms with van der Waals surface area (Å²) in [5.41, 5.74) is 7.48. The van der Waals surface area contributed by atoms with Gasteiger partial charge in [0.2, 0.25) is 5.91 Å². The summed E-state index contributed by atoms with van der Waals surface area (Å²) in [6.45, 7) is 13.5. The van der Waals surface area contributed by atoms with Gasteiger partial charge < -0.3 is 9.80 Å². The number of nitriles is 1. The number of pyridine rings is 1. The van der Waals surface area contributed by atoms with Crippen molar-refractivity contribution in [3.05, 3.63) is 53.4 Å². The first-order valence-electron chi connectivity index (χ1n) is 12.7. The molecule has 6 rings (SSSR count). The Morgan fingerprint density at radius 3 is 2.69 bits per heavy atom. The van der Waals surface area contributed by atoms with E-state index >= 15 is 0 Å². The van der Waals surface area contributed by atoms with E-state index in [-0.39, 0.29) is 16.7 Å². The van der Waals surface area contributed by atoms with Gasteiger partial charge in [0.05, 0.1) is 11.7 Å². The third kappa shape index (κ3) is 3.27. The second kappa shape index (κ2) is 7.67. The van der Waals surface area contributed by atoms with Gasteiger partial charge >= 0.3 is 0 Å². The molecule has 2 aromatic heterocycles. The number of fused-ring (bicyclic) bond motifs is 2. The predicted octanol–water partition coefficient (Wildman–Crippen LogP) is 4.16. The number of hydrogen-bond acceptors (Lipinski definition) is 5. The predicted molar refractivity (Wildman–Crippen MR) is 141 cm³/mol. The molecule has 3 aliphatic rings. The highest BCUT2D eigenvalue weighted by atomic mass is 16.2. The van der Waals surface area contributed by atoms with E-state index in [9.17, 15) is 10.1 Å². The number of hydrogen-bond donors (Lipinski definition) is 0. The molecule has 2 saturated heterocycles. The minimum absolute atomic E-state index is 0.00305. The first-order chi connectivity index (χ1) is 17.1. The van der Waals surface area contributed by atoms with Crippen LogP contribution in [0.5, 0.6) is 0 Å². The van der Waals surface area contributed by atoms with Crippen LogP contribution < -0.4 is 4.90 Å². The van der Waals surface area contributed by atoms with Crippen LogP contribution in [0, 0.1) is 29.1 Å². The van der Waals surface area contributed by atoms with Gasteiger partial charge in [-0.1, -0.05) is 32.6 Å². The number of anilines is 1. The van der Waals surface area contributed by atoms with Gasteiger partial charge in [0.1, 0.15) is 17.5 Å². The molecule has 1 aliphatic carbocycles. The number of benzene rings is 1. The molecule has 3 aromatic rings. The molecule has 1 amide bonds. The Morgan fingerprint density at radius 2 is 1.97 bits per heavy atom. The van der Waals surface area contributed by atoms with Crippen LogP contribution >= 0.6 is 0 Å². The van der Waals surface area contributed by atoms with Crippen molar-refractivity contribution in [3.63, 3.8) is 0 Å². The fraction of sp³-hybridized carbons (Fsp3) is 0.448. The molecule has 1 spiro atoms. The van der Waals surface area contributed by atoms with Crippen molar-refractivity contribution >= 4 is 22.6 Å². The summed E-state index contributed by atoms with van der Waals surface area (Å²) in [4.78, 5) is 21.4. The van der Waals surface area contributed by atoms with Crippen LogP contribution in [0.25, 0.3) is 22.0 Å². The Bertz CT molecular complexity index is 1480. The summed E-state index contributed by atoms with van der Waals surface area (Å²) in [5.74, 6) is 0.796. The molecule has 0 N–H and O–H groups in total. The minimum atomic E-state index is -0.00305. The number of nitrogens with zero attached hydrogens (tertiary/aromatic N) is 6. The highest BCUT2D eigenvalue weighted by Crippen LogP contribution is 2.48. The third-order valence-electron chi connectivity index (χ3n) is 8.42. The van der Waals surface area contributed by atoms with E-state index in [0.29, 0.717) is 5.56 Å². The van der Waals surface area contributed by atoms with Crippen LogP contribution in [0.2, 0.25) is 0 Å². The monoisotopic (exact) mass is 480 g/mol. The molecule has 2 aliphatic heterocycles. The number of aryl methyl sites for hydroxylation is 2. The molecule has 4 heterocycles. The normalized spacial score (nSPS) is 19.4. The summed E-state index contributed by atoms with van der Waals surface area (Å²) < 4.78 is 1.93. The van der Waals surface area contributed by atoms with Crippen molar-refractivity contribution in [2.24, 2.45) is 17.9 Å². The summed E-state index contributed by atoms with van der Waals surface area (Å²) in [6.07, 6.45) is 6.08. The SMILES string of the molecule is C=CC(=O)N1CC2(CCN(c3nc4c(c(-c5c(C)ccc6cnn(C)c56)c3C#N)CC(C)(C)C4)C2)C1. The van der Waals surface area contributed by atoms with Crippen LogP contribution in [-0.4, -0.2) is 51.8 Å². The molecule has 184 valence electrons. The number of rotatable bonds is 3. The molecular formula is C29H32N6O. The Hall–Kier alpha value is -3.66. The first-order valence-corrected chi connectivity index (χ1v) is 12.7. The van der Waals surface area contributed by atoms with Crippen molar-refractivity contribution in [2.45, 2.75) is 40.0 Å². The van der Waals surface area contributed by atoms with Crippen molar-refractivity contribution < 1.29 is 4.79 Å². The Kier molecular flexibility index (Phi) is 4.85. The van der Waals surface area contributed by atoms with Gasteiger partial charge in [0, 0.05) is 60.8 Å². The molecule has 1 aromatic carbocycles. The van der Waals surface area contributed by atoms with Gasteiger partial charge in [-0.25, -0.2) is 4.98 Å². The zero-order valence-corrected chi connectivity index (χ0v) is 21.6. The highest BCUT2D eigenvalue weighted by molar-refractivity contribution is 5.99. The van der Waals surface area contributed by atoms with Gasteiger partial charge in [0.25, 0.3) is 0 Å². The number of likely N-dealkylation sites (tertiary alicyclic amines) is 1. The molecule has 7 heteroatoms. The van der Waals surface area contributed by atoms with Crippen LogP contribution in [0.15, 0.2) is 31.0 Å². The maximum atomic E-state index is 12.1. The lowest BCUT2D eigenvalue weighted by Crippen LogP contribution is -2.59. The molecular weight excluding hydrogens is 448 g/mol. The standard InChI is InChI=1S/C29H32N6O/c1-6-23(36)35-16-29(17-35)9-10-34(15-29)27-21(13-30)25(20-11-28(3,4)12-22(20)32-27)24-18(2)7-8-19-14-31-33(5)26(19)24/h6-8,14H,1,9-12,15-17H2,2-5H3. The number of aromatic nitrogens is 3. The van der Waals surface area contributed by atoms with E-state index in [4.69, 9.17) is 4.98 Å². The van der Waals surface area contributed by atoms with E-state index in [1.54, 1.807) is 0 Å². The molecule has 7 nitrogen and oxygen atoms in total. The molecule has 0 bridgehead atoms. The lowest BCUT2D eigenvalue weighted by atomic mass is 9.79. The summed E-state index contributed by atoms with van der Waals surface area (Å²) in [6, 6.07) is 6.83. The fourth-order valence-corrected chi connectivity index (χ4v) is 6.71. The quantitative estimate of drug-likeness (QED) is 0.526. The lowest BCUT2D eigenvalue weighted by Gasteiger charge is -2.47. The van der Waals surface area contributed by atoms with Crippen LogP contribution in [-0.2, 0) is 24.7 Å². The zero-order chi connectivity index (χ0) is 25.4. The van der Waals surface area contributed by atoms with E-state index in [2.05, 4.69) is 55.6 Å². The number of carbonyl (C=O) groups is 1. The molecule has 2 fully saturated rings. The van der Waals surface area contributed by atoms with Gasteiger partial charge in [-0.15, -0.1) is 0 Å². The van der Waals surface area contributed by atoms with Gasteiger partial charge in [-0.05, 0) is 48.8 Å². The number of amides is 1. The Balaban J connectivity index is 1.51. The zero-order valence-electron chi connectivity index (χ0n) is 21.6. The summed E-state index contributed by atoms with van der Waals surface area (Å²) in [5, 5.41) is 16.2. The first kappa shape index (κ1) is 22.8. The van der Waals surface area contributed by atoms with Crippen LogP contribution in [0.1, 0.15) is 42.7 Å². The van der Waals surface area contributed by atoms with Crippen molar-refractivity contribution in [2.75, 3.05) is 31.1 Å². The van der Waals surface area contributed by atoms with Gasteiger partial charge in [0.15, 0.2) is 0 Å². The van der Waals surface area contributed by atoms with Crippen molar-refractivity contribution in [1.29, 1.82) is 5.26 Å². The number of carbonyl (C=O) groups excluding carboxylic acids is 1. The van der Waals surface area contributed by atoms with Crippen molar-refractivity contribution in [1.82, 2.24) is 19.7 Å². The smallest absolute Gasteiger partial charge is 0.245 e. The third-order valence-corrected chi connectivity index (χ3v) is 8.42. The highest BCUT2D eigenvalue weighted by Gasteiger charge is 2.50. The van der Waals surface area contributed by atoms with Crippen LogP contribution in [0.4, 0.5) is 5.82 Å². The minimum Gasteiger partial charge on any atom is -0.355 e. The maximum Gasteiger partial charge on any atom is 0.245 e. The van der Waals surface area contributed by atoms with E-state index in [1.807, 2.05) is 22.8 Å². The molecule has 0 saturated carbocycles. The summed E-state index contributed by atoms with van der Waals surface area (Å²) >= 11 is 0. The second-order valence-electron chi connectivity index (χ2n) is 11.8. The van der Waals surface area contributed by atoms with Crippen molar-refractivity contribution in [3.8, 4) is 17.2 Å². The molecule has 0 unspecified atom stereocenters. The summed E-state index contributed by atoms with van der Waals surface area (Å²) in [7, 11) is 1.97. The fourth-order valence-electron chi connectivity index (χ4n) is 6.71. The largest absolute Gasteiger partial charge is 0.355 e. The lowest BCUT2D eigenvalue weighted by molar-refractivity contribution is -0.136. The second-order valence-corrected chi connectivity index (χ2v) is 11.8. The maximum absolute atomic E-state index is 12.1. The Morgan fingerprint density at radius 1 is 1.19 bits per heavy atom. The molecule has 0 radical (unpaired) electrons. The van der Waals surface area contributed by atoms with Gasteiger partial charge in [-0.3, -0.25) is 9.48 Å². The van der Waals surface area contributed by atoms with E-state index in [1.165, 1.54) is 11.6 Å². The topological polar surface area (TPSA) is 78.1 Å². The van der Waals surface area contributed by atoms with Gasteiger partial charge in [-0.2, -0.15) is 10.4 Å². The van der Waals surface area contributed by atoms with E-state index in [0.717, 1.165) is 84.5 Å². The van der Waals surface area contributed by atoms with E-state index < -0.39 is 0 Å². The average Bonchev–Trinajstić information content (AvgIpc) is 3.51. The molecule has 36 heavy (non-hydrogen) atoms. The Labute approximate surface area is 212 Å². The average molecular weight is 481 g/mol. The molecule has 0 atom stereocenters.